The Hall–Kier alpha value is -1.36. The van der Waals surface area contributed by atoms with Gasteiger partial charge in [0.15, 0.2) is 0 Å². The van der Waals surface area contributed by atoms with Crippen molar-refractivity contribution in [2.45, 2.75) is 53.5 Å². The van der Waals surface area contributed by atoms with Gasteiger partial charge in [0.1, 0.15) is 18.0 Å². The zero-order chi connectivity index (χ0) is 15.7. The van der Waals surface area contributed by atoms with E-state index in [9.17, 15) is 0 Å². The van der Waals surface area contributed by atoms with Gasteiger partial charge in [-0.2, -0.15) is 0 Å². The molecule has 0 amide bonds. The molecule has 0 aromatic carbocycles. The van der Waals surface area contributed by atoms with Crippen LogP contribution in [-0.4, -0.2) is 47.1 Å². The largest absolute Gasteiger partial charge is 0.370 e. The van der Waals surface area contributed by atoms with E-state index >= 15 is 0 Å². The fourth-order valence-corrected chi connectivity index (χ4v) is 2.41. The number of nitrogens with one attached hydrogen (secondary N) is 2. The van der Waals surface area contributed by atoms with E-state index in [1.807, 2.05) is 0 Å². The Balaban J connectivity index is 2.47. The first kappa shape index (κ1) is 17.7. The van der Waals surface area contributed by atoms with Crippen molar-refractivity contribution in [3.05, 3.63) is 11.9 Å². The van der Waals surface area contributed by atoms with E-state index in [0.717, 1.165) is 43.3 Å². The van der Waals surface area contributed by atoms with Crippen LogP contribution in [-0.2, 0) is 0 Å². The molecule has 0 aliphatic rings. The second kappa shape index (κ2) is 9.55. The zero-order valence-corrected chi connectivity index (χ0v) is 14.2. The molecule has 1 atom stereocenters. The topological polar surface area (TPSA) is 53.1 Å². The van der Waals surface area contributed by atoms with Crippen LogP contribution in [0.4, 0.5) is 11.6 Å². The lowest BCUT2D eigenvalue weighted by molar-refractivity contribution is 0.295. The average Bonchev–Trinajstić information content (AvgIpc) is 2.48. The molecule has 1 heterocycles. The Morgan fingerprint density at radius 2 is 1.81 bits per heavy atom. The molecular formula is C16H31N5. The standard InChI is InChI=1S/C16H31N5/c1-6-17-15-14(5)16(19-12-18-15)20-13(4)10-9-11-21(7-2)8-3/h12-13H,6-11H2,1-5H3,(H2,17,18,19,20). The Morgan fingerprint density at radius 1 is 1.14 bits per heavy atom. The first-order valence-corrected chi connectivity index (χ1v) is 8.16. The lowest BCUT2D eigenvalue weighted by Gasteiger charge is -2.20. The smallest absolute Gasteiger partial charge is 0.134 e. The molecule has 0 fully saturated rings. The third-order valence-electron chi connectivity index (χ3n) is 3.82. The van der Waals surface area contributed by atoms with Crippen molar-refractivity contribution in [1.29, 1.82) is 0 Å². The molecule has 0 saturated carbocycles. The second-order valence-electron chi connectivity index (χ2n) is 5.44. The Morgan fingerprint density at radius 3 is 2.43 bits per heavy atom. The summed E-state index contributed by atoms with van der Waals surface area (Å²) < 4.78 is 0. The van der Waals surface area contributed by atoms with Crippen molar-refractivity contribution in [2.75, 3.05) is 36.8 Å². The molecule has 1 aromatic heterocycles. The second-order valence-corrected chi connectivity index (χ2v) is 5.44. The first-order chi connectivity index (χ1) is 10.1. The summed E-state index contributed by atoms with van der Waals surface area (Å²) in [5, 5.41) is 6.77. The van der Waals surface area contributed by atoms with Crippen LogP contribution in [0.5, 0.6) is 0 Å². The van der Waals surface area contributed by atoms with Crippen LogP contribution in [0, 0.1) is 6.92 Å². The van der Waals surface area contributed by atoms with Crippen molar-refractivity contribution in [1.82, 2.24) is 14.9 Å². The van der Waals surface area contributed by atoms with Gasteiger partial charge in [-0.15, -0.1) is 0 Å². The zero-order valence-electron chi connectivity index (χ0n) is 14.2. The van der Waals surface area contributed by atoms with Gasteiger partial charge in [0.25, 0.3) is 0 Å². The van der Waals surface area contributed by atoms with Gasteiger partial charge in [-0.05, 0) is 53.2 Å². The molecule has 1 unspecified atom stereocenters. The fraction of sp³-hybridized carbons (Fsp3) is 0.750. The molecule has 0 saturated heterocycles. The summed E-state index contributed by atoms with van der Waals surface area (Å²) in [5.74, 6) is 1.86. The van der Waals surface area contributed by atoms with Crippen LogP contribution >= 0.6 is 0 Å². The average molecular weight is 293 g/mol. The molecule has 5 nitrogen and oxygen atoms in total. The summed E-state index contributed by atoms with van der Waals surface area (Å²) in [7, 11) is 0. The van der Waals surface area contributed by atoms with E-state index in [1.54, 1.807) is 6.33 Å². The predicted octanol–water partition coefficient (Wildman–Crippen LogP) is 3.14. The number of aromatic nitrogens is 2. The maximum Gasteiger partial charge on any atom is 0.134 e. The molecule has 2 N–H and O–H groups in total. The maximum atomic E-state index is 4.36. The highest BCUT2D eigenvalue weighted by Crippen LogP contribution is 2.19. The van der Waals surface area contributed by atoms with E-state index < -0.39 is 0 Å². The van der Waals surface area contributed by atoms with Gasteiger partial charge < -0.3 is 15.5 Å². The van der Waals surface area contributed by atoms with Crippen LogP contribution in [0.2, 0.25) is 0 Å². The quantitative estimate of drug-likeness (QED) is 0.694. The molecule has 5 heteroatoms. The molecule has 1 aromatic rings. The minimum absolute atomic E-state index is 0.420. The van der Waals surface area contributed by atoms with Crippen LogP contribution in [0.3, 0.4) is 0 Å². The summed E-state index contributed by atoms with van der Waals surface area (Å²) in [6.07, 6.45) is 3.98. The summed E-state index contributed by atoms with van der Waals surface area (Å²) in [6, 6.07) is 0.420. The lowest BCUT2D eigenvalue weighted by Crippen LogP contribution is -2.26. The van der Waals surface area contributed by atoms with Gasteiger partial charge in [0.05, 0.1) is 0 Å². The maximum absolute atomic E-state index is 4.36. The van der Waals surface area contributed by atoms with Gasteiger partial charge in [0.2, 0.25) is 0 Å². The number of nitrogens with zero attached hydrogens (tertiary/aromatic N) is 3. The molecule has 0 bridgehead atoms. The van der Waals surface area contributed by atoms with E-state index in [0.29, 0.717) is 6.04 Å². The normalized spacial score (nSPS) is 12.5. The molecule has 0 aliphatic heterocycles. The van der Waals surface area contributed by atoms with E-state index in [4.69, 9.17) is 0 Å². The van der Waals surface area contributed by atoms with Gasteiger partial charge in [0, 0.05) is 18.2 Å². The molecule has 0 spiro atoms. The van der Waals surface area contributed by atoms with E-state index in [2.05, 4.69) is 60.1 Å². The van der Waals surface area contributed by atoms with Crippen molar-refractivity contribution in [3.8, 4) is 0 Å². The van der Waals surface area contributed by atoms with Crippen molar-refractivity contribution >= 4 is 11.6 Å². The molecule has 1 rings (SSSR count). The van der Waals surface area contributed by atoms with Gasteiger partial charge >= 0.3 is 0 Å². The van der Waals surface area contributed by atoms with Crippen LogP contribution < -0.4 is 10.6 Å². The molecule has 0 aliphatic carbocycles. The van der Waals surface area contributed by atoms with E-state index in [1.165, 1.54) is 13.0 Å². The third-order valence-corrected chi connectivity index (χ3v) is 3.82. The first-order valence-electron chi connectivity index (χ1n) is 8.16. The molecule has 0 radical (unpaired) electrons. The summed E-state index contributed by atoms with van der Waals surface area (Å²) in [6.45, 7) is 15.1. The summed E-state index contributed by atoms with van der Waals surface area (Å²) in [5.41, 5.74) is 1.09. The SMILES string of the molecule is CCNc1ncnc(NC(C)CCCN(CC)CC)c1C. The third kappa shape index (κ3) is 5.87. The minimum Gasteiger partial charge on any atom is -0.370 e. The van der Waals surface area contributed by atoms with Crippen molar-refractivity contribution in [2.24, 2.45) is 0 Å². The van der Waals surface area contributed by atoms with Crippen LogP contribution in [0.1, 0.15) is 46.1 Å². The van der Waals surface area contributed by atoms with Gasteiger partial charge in [-0.1, -0.05) is 13.8 Å². The summed E-state index contributed by atoms with van der Waals surface area (Å²) in [4.78, 5) is 11.1. The highest BCUT2D eigenvalue weighted by atomic mass is 15.1. The highest BCUT2D eigenvalue weighted by Gasteiger charge is 2.09. The number of rotatable bonds is 10. The van der Waals surface area contributed by atoms with Crippen LogP contribution in [0.25, 0.3) is 0 Å². The predicted molar refractivity (Wildman–Crippen MR) is 91.0 cm³/mol. The van der Waals surface area contributed by atoms with Crippen LogP contribution in [0.15, 0.2) is 6.33 Å². The summed E-state index contributed by atoms with van der Waals surface area (Å²) >= 11 is 0. The van der Waals surface area contributed by atoms with Crippen molar-refractivity contribution in [3.63, 3.8) is 0 Å². The van der Waals surface area contributed by atoms with Gasteiger partial charge in [-0.3, -0.25) is 0 Å². The molecular weight excluding hydrogens is 262 g/mol. The highest BCUT2D eigenvalue weighted by molar-refractivity contribution is 5.56. The number of anilines is 2. The van der Waals surface area contributed by atoms with Crippen molar-refractivity contribution < 1.29 is 0 Å². The number of hydrogen-bond donors (Lipinski definition) is 2. The Kier molecular flexibility index (Phi) is 8.05. The van der Waals surface area contributed by atoms with E-state index in [-0.39, 0.29) is 0 Å². The molecule has 21 heavy (non-hydrogen) atoms. The fourth-order valence-electron chi connectivity index (χ4n) is 2.41. The minimum atomic E-state index is 0.420. The number of hydrogen-bond acceptors (Lipinski definition) is 5. The Bertz CT molecular complexity index is 404. The molecule has 120 valence electrons. The lowest BCUT2D eigenvalue weighted by atomic mass is 10.1. The van der Waals surface area contributed by atoms with Gasteiger partial charge in [-0.25, -0.2) is 9.97 Å². The Labute approximate surface area is 129 Å². The monoisotopic (exact) mass is 293 g/mol.